The molecular formula is C11H11N3O. The zero-order chi connectivity index (χ0) is 10.5. The molecule has 0 fully saturated rings. The summed E-state index contributed by atoms with van der Waals surface area (Å²) in [5.74, 6) is 1.19. The average molecular weight is 201 g/mol. The van der Waals surface area contributed by atoms with Crippen LogP contribution in [0.5, 0.6) is 0 Å². The first-order valence-corrected chi connectivity index (χ1v) is 4.79. The van der Waals surface area contributed by atoms with Crippen molar-refractivity contribution in [1.29, 1.82) is 0 Å². The quantitative estimate of drug-likeness (QED) is 0.763. The predicted molar refractivity (Wildman–Crippen MR) is 56.8 cm³/mol. The highest BCUT2D eigenvalue weighted by atomic mass is 16.4. The molecule has 0 aliphatic rings. The summed E-state index contributed by atoms with van der Waals surface area (Å²) in [7, 11) is 0. The van der Waals surface area contributed by atoms with E-state index in [1.54, 1.807) is 18.5 Å². The van der Waals surface area contributed by atoms with Crippen LogP contribution in [0.2, 0.25) is 0 Å². The van der Waals surface area contributed by atoms with E-state index < -0.39 is 0 Å². The zero-order valence-corrected chi connectivity index (χ0v) is 8.42. The van der Waals surface area contributed by atoms with E-state index in [0.717, 1.165) is 12.0 Å². The summed E-state index contributed by atoms with van der Waals surface area (Å²) >= 11 is 0. The van der Waals surface area contributed by atoms with Crippen molar-refractivity contribution in [3.05, 3.63) is 41.9 Å². The Labute approximate surface area is 87.7 Å². The number of rotatable bonds is 3. The molecule has 0 saturated heterocycles. The molecule has 2 aromatic rings. The van der Waals surface area contributed by atoms with Crippen LogP contribution in [0.15, 0.2) is 28.9 Å². The SMILES string of the molecule is CCc1nnc(C=Cc2ccncc2)o1. The van der Waals surface area contributed by atoms with Crippen molar-refractivity contribution in [2.24, 2.45) is 0 Å². The molecule has 4 nitrogen and oxygen atoms in total. The highest BCUT2D eigenvalue weighted by Gasteiger charge is 1.98. The molecule has 2 heterocycles. The van der Waals surface area contributed by atoms with Crippen LogP contribution < -0.4 is 0 Å². The average Bonchev–Trinajstić information content (AvgIpc) is 2.76. The second-order valence-electron chi connectivity index (χ2n) is 3.00. The van der Waals surface area contributed by atoms with Crippen LogP contribution in [0, 0.1) is 0 Å². The van der Waals surface area contributed by atoms with Crippen LogP contribution in [0.25, 0.3) is 12.2 Å². The van der Waals surface area contributed by atoms with Crippen LogP contribution in [-0.4, -0.2) is 15.2 Å². The molecule has 0 atom stereocenters. The fourth-order valence-corrected chi connectivity index (χ4v) is 1.12. The predicted octanol–water partition coefficient (Wildman–Crippen LogP) is 2.20. The van der Waals surface area contributed by atoms with E-state index in [0.29, 0.717) is 11.8 Å². The second kappa shape index (κ2) is 4.50. The third kappa shape index (κ3) is 2.49. The maximum absolute atomic E-state index is 5.33. The largest absolute Gasteiger partial charge is 0.421 e. The van der Waals surface area contributed by atoms with E-state index in [1.807, 2.05) is 25.1 Å². The second-order valence-corrected chi connectivity index (χ2v) is 3.00. The lowest BCUT2D eigenvalue weighted by Gasteiger charge is -1.88. The molecule has 2 rings (SSSR count). The fourth-order valence-electron chi connectivity index (χ4n) is 1.12. The Morgan fingerprint density at radius 2 is 2.00 bits per heavy atom. The summed E-state index contributed by atoms with van der Waals surface area (Å²) in [5.41, 5.74) is 1.06. The van der Waals surface area contributed by atoms with E-state index in [-0.39, 0.29) is 0 Å². The maximum atomic E-state index is 5.33. The molecule has 4 heteroatoms. The van der Waals surface area contributed by atoms with Crippen LogP contribution in [-0.2, 0) is 6.42 Å². The van der Waals surface area contributed by atoms with Crippen LogP contribution >= 0.6 is 0 Å². The molecule has 0 radical (unpaired) electrons. The minimum atomic E-state index is 0.531. The standard InChI is InChI=1S/C11H11N3O/c1-2-10-13-14-11(15-10)4-3-9-5-7-12-8-6-9/h3-8H,2H2,1H3. The maximum Gasteiger partial charge on any atom is 0.240 e. The van der Waals surface area contributed by atoms with Crippen LogP contribution in [0.4, 0.5) is 0 Å². The van der Waals surface area contributed by atoms with Crippen molar-refractivity contribution < 1.29 is 4.42 Å². The van der Waals surface area contributed by atoms with Gasteiger partial charge in [0.15, 0.2) is 0 Å². The Hall–Kier alpha value is -1.97. The Morgan fingerprint density at radius 3 is 2.67 bits per heavy atom. The highest BCUT2D eigenvalue weighted by Crippen LogP contribution is 2.06. The first kappa shape index (κ1) is 9.58. The summed E-state index contributed by atoms with van der Waals surface area (Å²) in [5, 5.41) is 7.75. The zero-order valence-electron chi connectivity index (χ0n) is 8.42. The van der Waals surface area contributed by atoms with Crippen molar-refractivity contribution in [2.45, 2.75) is 13.3 Å². The van der Waals surface area contributed by atoms with Gasteiger partial charge in [-0.25, -0.2) is 0 Å². The van der Waals surface area contributed by atoms with E-state index in [2.05, 4.69) is 15.2 Å². The smallest absolute Gasteiger partial charge is 0.240 e. The minimum Gasteiger partial charge on any atom is -0.421 e. The summed E-state index contributed by atoms with van der Waals surface area (Å²) in [6, 6.07) is 3.82. The first-order chi connectivity index (χ1) is 7.38. The fraction of sp³-hybridized carbons (Fsp3) is 0.182. The molecular weight excluding hydrogens is 190 g/mol. The summed E-state index contributed by atoms with van der Waals surface area (Å²) in [6.07, 6.45) is 7.95. The molecule has 0 amide bonds. The molecule has 0 spiro atoms. The molecule has 0 saturated carbocycles. The monoisotopic (exact) mass is 201 g/mol. The molecule has 76 valence electrons. The topological polar surface area (TPSA) is 51.8 Å². The molecule has 0 aromatic carbocycles. The van der Waals surface area contributed by atoms with Gasteiger partial charge in [-0.05, 0) is 23.8 Å². The van der Waals surface area contributed by atoms with E-state index in [1.165, 1.54) is 0 Å². The van der Waals surface area contributed by atoms with Gasteiger partial charge in [-0.3, -0.25) is 4.98 Å². The van der Waals surface area contributed by atoms with E-state index in [4.69, 9.17) is 4.42 Å². The van der Waals surface area contributed by atoms with Crippen molar-refractivity contribution in [1.82, 2.24) is 15.2 Å². The lowest BCUT2D eigenvalue weighted by Crippen LogP contribution is -1.76. The third-order valence-corrected chi connectivity index (χ3v) is 1.91. The number of hydrogen-bond acceptors (Lipinski definition) is 4. The number of nitrogens with zero attached hydrogens (tertiary/aromatic N) is 3. The van der Waals surface area contributed by atoms with Gasteiger partial charge in [0.1, 0.15) is 0 Å². The number of aryl methyl sites for hydroxylation is 1. The molecule has 2 aromatic heterocycles. The lowest BCUT2D eigenvalue weighted by molar-refractivity contribution is 0.492. The Morgan fingerprint density at radius 1 is 1.20 bits per heavy atom. The highest BCUT2D eigenvalue weighted by molar-refractivity contribution is 5.65. The van der Waals surface area contributed by atoms with Gasteiger partial charge in [0.05, 0.1) is 0 Å². The van der Waals surface area contributed by atoms with E-state index >= 15 is 0 Å². The van der Waals surface area contributed by atoms with Crippen LogP contribution in [0.1, 0.15) is 24.3 Å². The van der Waals surface area contributed by atoms with Gasteiger partial charge in [-0.1, -0.05) is 6.92 Å². The van der Waals surface area contributed by atoms with Crippen LogP contribution in [0.3, 0.4) is 0 Å². The van der Waals surface area contributed by atoms with Crippen molar-refractivity contribution in [3.8, 4) is 0 Å². The van der Waals surface area contributed by atoms with Crippen molar-refractivity contribution in [2.75, 3.05) is 0 Å². The Balaban J connectivity index is 2.11. The van der Waals surface area contributed by atoms with Gasteiger partial charge >= 0.3 is 0 Å². The van der Waals surface area contributed by atoms with Crippen molar-refractivity contribution in [3.63, 3.8) is 0 Å². The summed E-state index contributed by atoms with van der Waals surface area (Å²) in [4.78, 5) is 3.93. The summed E-state index contributed by atoms with van der Waals surface area (Å²) in [6.45, 7) is 1.98. The first-order valence-electron chi connectivity index (χ1n) is 4.79. The molecule has 15 heavy (non-hydrogen) atoms. The van der Waals surface area contributed by atoms with E-state index in [9.17, 15) is 0 Å². The molecule has 0 unspecified atom stereocenters. The van der Waals surface area contributed by atoms with Gasteiger partial charge in [0, 0.05) is 24.9 Å². The number of pyridine rings is 1. The minimum absolute atomic E-state index is 0.531. The molecule has 0 aliphatic carbocycles. The number of aromatic nitrogens is 3. The van der Waals surface area contributed by atoms with Gasteiger partial charge in [0.25, 0.3) is 0 Å². The third-order valence-electron chi connectivity index (χ3n) is 1.91. The van der Waals surface area contributed by atoms with Gasteiger partial charge in [-0.2, -0.15) is 0 Å². The van der Waals surface area contributed by atoms with Gasteiger partial charge in [-0.15, -0.1) is 10.2 Å². The molecule has 0 N–H and O–H groups in total. The Kier molecular flexibility index (Phi) is 2.88. The molecule has 0 bridgehead atoms. The summed E-state index contributed by atoms with van der Waals surface area (Å²) < 4.78 is 5.33. The van der Waals surface area contributed by atoms with Gasteiger partial charge in [0.2, 0.25) is 11.8 Å². The van der Waals surface area contributed by atoms with Gasteiger partial charge < -0.3 is 4.42 Å². The van der Waals surface area contributed by atoms with Crippen molar-refractivity contribution >= 4 is 12.2 Å². The molecule has 0 aliphatic heterocycles. The normalized spacial score (nSPS) is 11.0. The number of hydrogen-bond donors (Lipinski definition) is 0. The Bertz CT molecular complexity index is 448. The lowest BCUT2D eigenvalue weighted by atomic mass is 10.2.